The van der Waals surface area contributed by atoms with Crippen molar-refractivity contribution in [3.8, 4) is 11.1 Å². The number of nitrogens with zero attached hydrogens (tertiary/aromatic N) is 1. The number of hydroxylamine groups is 1. The van der Waals surface area contributed by atoms with Crippen LogP contribution < -0.4 is 10.8 Å². The van der Waals surface area contributed by atoms with Crippen LogP contribution in [0.25, 0.3) is 11.1 Å². The van der Waals surface area contributed by atoms with Gasteiger partial charge in [-0.2, -0.15) is 0 Å². The quantitative estimate of drug-likeness (QED) is 0.102. The third kappa shape index (κ3) is 10.1. The molecule has 4 N–H and O–H groups in total. The highest BCUT2D eigenvalue weighted by atomic mass is 16.7. The number of carbonyl (C=O) groups excluding carboxylic acids is 2. The van der Waals surface area contributed by atoms with Gasteiger partial charge in [0, 0.05) is 44.5 Å². The fourth-order valence-electron chi connectivity index (χ4n) is 5.79. The molecule has 0 spiro atoms. The molecule has 0 saturated carbocycles. The van der Waals surface area contributed by atoms with Gasteiger partial charge in [-0.3, -0.25) is 19.7 Å². The summed E-state index contributed by atoms with van der Waals surface area (Å²) >= 11 is 0. The maximum atomic E-state index is 12.2. The van der Waals surface area contributed by atoms with Crippen LogP contribution in [-0.4, -0.2) is 46.7 Å². The van der Waals surface area contributed by atoms with Crippen molar-refractivity contribution >= 4 is 11.8 Å². The Labute approximate surface area is 276 Å². The van der Waals surface area contributed by atoms with Gasteiger partial charge >= 0.3 is 0 Å². The summed E-state index contributed by atoms with van der Waals surface area (Å²) in [6.45, 7) is 1.95. The van der Waals surface area contributed by atoms with E-state index in [1.165, 1.54) is 5.56 Å². The molecule has 4 aromatic rings. The molecule has 1 fully saturated rings. The summed E-state index contributed by atoms with van der Waals surface area (Å²) in [5, 5.41) is 21.0. The second kappa shape index (κ2) is 17.0. The smallest absolute Gasteiger partial charge is 0.243 e. The monoisotopic (exact) mass is 637 g/mol. The van der Waals surface area contributed by atoms with Crippen LogP contribution in [-0.2, 0) is 38.8 Å². The molecule has 3 unspecified atom stereocenters. The number of hydrogen-bond donors (Lipinski definition) is 4. The fourth-order valence-corrected chi connectivity index (χ4v) is 5.79. The van der Waals surface area contributed by atoms with Crippen molar-refractivity contribution in [3.63, 3.8) is 0 Å². The number of amides is 2. The van der Waals surface area contributed by atoms with Crippen LogP contribution in [0, 0.1) is 0 Å². The summed E-state index contributed by atoms with van der Waals surface area (Å²) < 4.78 is 13.1. The molecule has 3 atom stereocenters. The van der Waals surface area contributed by atoms with E-state index in [4.69, 9.17) is 14.7 Å². The molecular weight excluding hydrogens is 594 g/mol. The minimum atomic E-state index is -0.541. The lowest BCUT2D eigenvalue weighted by Crippen LogP contribution is -2.37. The molecule has 0 radical (unpaired) electrons. The zero-order valence-corrected chi connectivity index (χ0v) is 26.7. The van der Waals surface area contributed by atoms with Crippen LogP contribution in [0.3, 0.4) is 0 Å². The molecule has 1 saturated heterocycles. The third-order valence-electron chi connectivity index (χ3n) is 8.29. The van der Waals surface area contributed by atoms with Crippen LogP contribution in [0.1, 0.15) is 65.9 Å². The Morgan fingerprint density at radius 1 is 0.787 bits per heavy atom. The lowest BCUT2D eigenvalue weighted by molar-refractivity contribution is -0.252. The van der Waals surface area contributed by atoms with Crippen molar-refractivity contribution in [2.45, 2.75) is 63.9 Å². The van der Waals surface area contributed by atoms with Gasteiger partial charge in [-0.25, -0.2) is 5.48 Å². The van der Waals surface area contributed by atoms with Crippen molar-refractivity contribution in [3.05, 3.63) is 131 Å². The van der Waals surface area contributed by atoms with E-state index in [1.54, 1.807) is 5.48 Å². The molecule has 47 heavy (non-hydrogen) atoms. The van der Waals surface area contributed by atoms with Gasteiger partial charge in [0.15, 0.2) is 6.29 Å². The molecule has 0 aliphatic carbocycles. The minimum Gasteiger partial charge on any atom is -0.392 e. The Balaban J connectivity index is 1.25. The van der Waals surface area contributed by atoms with Gasteiger partial charge in [0.25, 0.3) is 0 Å². The van der Waals surface area contributed by atoms with Gasteiger partial charge in [0.1, 0.15) is 0 Å². The van der Waals surface area contributed by atoms with E-state index in [0.717, 1.165) is 46.5 Å². The number of hydrogen-bond acceptors (Lipinski definition) is 7. The lowest BCUT2D eigenvalue weighted by atomic mass is 9.99. The standard InChI is InChI=1S/C38H43N3O6/c1-41(24-27-7-3-2-4-8-27)25-34-22-35(31-15-13-28(26-42)14-16-31)47-38(46-34)32-19-17-30(18-20-32)33-10-5-9-29(21-33)23-39-36(43)11-6-12-37(44)40-45/h2-5,7-10,13-21,34-35,38,42,45H,6,11-12,22-26H2,1H3,(H,39,43)(H,40,44). The SMILES string of the molecule is CN(Cc1ccccc1)CC1CC(c2ccc(CO)cc2)OC(c2ccc(-c3cccc(CNC(=O)CCCC(=O)NO)c3)cc2)O1. The van der Waals surface area contributed by atoms with E-state index in [-0.39, 0.29) is 37.6 Å². The normalized spacial score (nSPS) is 17.7. The van der Waals surface area contributed by atoms with E-state index in [9.17, 15) is 14.7 Å². The molecule has 2 amide bonds. The summed E-state index contributed by atoms with van der Waals surface area (Å²) in [7, 11) is 2.11. The van der Waals surface area contributed by atoms with Gasteiger partial charge in [0.05, 0.1) is 18.8 Å². The Morgan fingerprint density at radius 2 is 1.49 bits per heavy atom. The highest BCUT2D eigenvalue weighted by Crippen LogP contribution is 2.38. The molecule has 4 aromatic carbocycles. The summed E-state index contributed by atoms with van der Waals surface area (Å²) in [5.74, 6) is -0.650. The number of aliphatic hydroxyl groups is 1. The first kappa shape index (κ1) is 34.0. The summed E-state index contributed by atoms with van der Waals surface area (Å²) in [4.78, 5) is 25.6. The Morgan fingerprint density at radius 3 is 2.21 bits per heavy atom. The zero-order chi connectivity index (χ0) is 33.0. The number of rotatable bonds is 14. The van der Waals surface area contributed by atoms with Crippen LogP contribution in [0.4, 0.5) is 0 Å². The van der Waals surface area contributed by atoms with Gasteiger partial charge in [-0.1, -0.05) is 97.1 Å². The highest BCUT2D eigenvalue weighted by molar-refractivity contribution is 5.78. The summed E-state index contributed by atoms with van der Waals surface area (Å²) in [5.41, 5.74) is 8.70. The number of aliphatic hydroxyl groups excluding tert-OH is 1. The average molecular weight is 638 g/mol. The van der Waals surface area contributed by atoms with E-state index in [0.29, 0.717) is 19.4 Å². The van der Waals surface area contributed by atoms with E-state index < -0.39 is 12.2 Å². The van der Waals surface area contributed by atoms with Crippen molar-refractivity contribution in [1.29, 1.82) is 0 Å². The molecule has 0 bridgehead atoms. The highest BCUT2D eigenvalue weighted by Gasteiger charge is 2.32. The van der Waals surface area contributed by atoms with Gasteiger partial charge in [-0.05, 0) is 52.9 Å². The van der Waals surface area contributed by atoms with Crippen LogP contribution >= 0.6 is 0 Å². The second-order valence-corrected chi connectivity index (χ2v) is 12.0. The molecule has 0 aromatic heterocycles. The molecule has 5 rings (SSSR count). The van der Waals surface area contributed by atoms with Gasteiger partial charge < -0.3 is 19.9 Å². The van der Waals surface area contributed by atoms with Crippen LogP contribution in [0.2, 0.25) is 0 Å². The Bertz CT molecular complexity index is 1580. The number of benzene rings is 4. The van der Waals surface area contributed by atoms with Gasteiger partial charge in [-0.15, -0.1) is 0 Å². The maximum Gasteiger partial charge on any atom is 0.243 e. The molecule has 1 aliphatic heterocycles. The third-order valence-corrected chi connectivity index (χ3v) is 8.29. The van der Waals surface area contributed by atoms with Crippen LogP contribution in [0.15, 0.2) is 103 Å². The van der Waals surface area contributed by atoms with Crippen molar-refractivity contribution in [2.24, 2.45) is 0 Å². The van der Waals surface area contributed by atoms with E-state index in [1.807, 2.05) is 66.7 Å². The van der Waals surface area contributed by atoms with Crippen molar-refractivity contribution in [1.82, 2.24) is 15.7 Å². The molecule has 9 heteroatoms. The van der Waals surface area contributed by atoms with E-state index in [2.05, 4.69) is 53.7 Å². The maximum absolute atomic E-state index is 12.2. The first-order valence-electron chi connectivity index (χ1n) is 16.0. The largest absolute Gasteiger partial charge is 0.392 e. The minimum absolute atomic E-state index is 0.00172. The van der Waals surface area contributed by atoms with Gasteiger partial charge in [0.2, 0.25) is 11.8 Å². The van der Waals surface area contributed by atoms with Crippen molar-refractivity contribution < 1.29 is 29.4 Å². The lowest BCUT2D eigenvalue weighted by Gasteiger charge is -2.38. The molecular formula is C38H43N3O6. The van der Waals surface area contributed by atoms with Crippen molar-refractivity contribution in [2.75, 3.05) is 13.6 Å². The number of nitrogens with one attached hydrogen (secondary N) is 2. The number of carbonyl (C=O) groups is 2. The van der Waals surface area contributed by atoms with E-state index >= 15 is 0 Å². The Kier molecular flexibility index (Phi) is 12.3. The van der Waals surface area contributed by atoms with Crippen LogP contribution in [0.5, 0.6) is 0 Å². The summed E-state index contributed by atoms with van der Waals surface area (Å²) in [6.07, 6.45) is 0.628. The summed E-state index contributed by atoms with van der Waals surface area (Å²) in [6, 6.07) is 34.5. The first-order chi connectivity index (χ1) is 22.9. The number of likely N-dealkylation sites (N-methyl/N-ethyl adjacent to an activating group) is 1. The molecule has 1 heterocycles. The second-order valence-electron chi connectivity index (χ2n) is 12.0. The zero-order valence-electron chi connectivity index (χ0n) is 26.7. The Hall–Kier alpha value is -4.38. The first-order valence-corrected chi connectivity index (χ1v) is 16.0. The fraction of sp³-hybridized carbons (Fsp3) is 0.316. The molecule has 1 aliphatic rings. The molecule has 9 nitrogen and oxygen atoms in total. The predicted octanol–water partition coefficient (Wildman–Crippen LogP) is 5.82. The molecule has 246 valence electrons. The number of ether oxygens (including phenoxy) is 2. The average Bonchev–Trinajstić information content (AvgIpc) is 3.11. The predicted molar refractivity (Wildman–Crippen MR) is 179 cm³/mol. The topological polar surface area (TPSA) is 120 Å².